The van der Waals surface area contributed by atoms with E-state index in [0.717, 1.165) is 24.2 Å². The smallest absolute Gasteiger partial charge is 0.145 e. The fraction of sp³-hybridized carbons (Fsp3) is 0.692. The van der Waals surface area contributed by atoms with E-state index >= 15 is 0 Å². The lowest BCUT2D eigenvalue weighted by molar-refractivity contribution is -0.127. The van der Waals surface area contributed by atoms with Crippen molar-refractivity contribution in [2.75, 3.05) is 6.54 Å². The second-order valence-electron chi connectivity index (χ2n) is 4.82. The molecule has 4 heteroatoms. The van der Waals surface area contributed by atoms with Gasteiger partial charge >= 0.3 is 0 Å². The van der Waals surface area contributed by atoms with E-state index in [0.29, 0.717) is 13.0 Å². The molecule has 0 aromatic carbocycles. The van der Waals surface area contributed by atoms with Crippen LogP contribution in [0.1, 0.15) is 38.6 Å². The summed E-state index contributed by atoms with van der Waals surface area (Å²) in [5.41, 5.74) is 7.29. The predicted octanol–water partition coefficient (Wildman–Crippen LogP) is 1.47. The van der Waals surface area contributed by atoms with Crippen LogP contribution in [0.5, 0.6) is 0 Å². The lowest BCUT2D eigenvalue weighted by Gasteiger charge is -2.24. The van der Waals surface area contributed by atoms with Gasteiger partial charge in [-0.2, -0.15) is 5.10 Å². The zero-order valence-electron chi connectivity index (χ0n) is 11.3. The third-order valence-corrected chi connectivity index (χ3v) is 3.64. The average Bonchev–Trinajstić information content (AvgIpc) is 2.69. The summed E-state index contributed by atoms with van der Waals surface area (Å²) in [5.74, 6) is 0.202. The number of aryl methyl sites for hydroxylation is 2. The van der Waals surface area contributed by atoms with Crippen molar-refractivity contribution in [3.63, 3.8) is 0 Å². The molecule has 0 radical (unpaired) electrons. The molecule has 0 aliphatic heterocycles. The van der Waals surface area contributed by atoms with Gasteiger partial charge in [-0.15, -0.1) is 0 Å². The van der Waals surface area contributed by atoms with Crippen LogP contribution in [0.4, 0.5) is 0 Å². The molecule has 0 saturated heterocycles. The van der Waals surface area contributed by atoms with Gasteiger partial charge in [-0.3, -0.25) is 9.48 Å². The number of hydrogen-bond acceptors (Lipinski definition) is 3. The first-order valence-corrected chi connectivity index (χ1v) is 6.22. The number of aromatic nitrogens is 2. The van der Waals surface area contributed by atoms with Gasteiger partial charge < -0.3 is 5.73 Å². The molecule has 1 aromatic heterocycles. The SMILES string of the molecule is CCc1cc(CC(=O)C(C)(CC)CN)n(C)n1. The standard InChI is InChI=1S/C13H23N3O/c1-5-10-7-11(16(4)15-10)8-12(17)13(3,6-2)9-14/h7H,5-6,8-9,14H2,1-4H3. The molecule has 1 heterocycles. The molecule has 0 aliphatic rings. The molecule has 1 rings (SSSR count). The number of ketones is 1. The summed E-state index contributed by atoms with van der Waals surface area (Å²) in [6.07, 6.45) is 2.09. The summed E-state index contributed by atoms with van der Waals surface area (Å²) in [7, 11) is 1.88. The Morgan fingerprint density at radius 3 is 2.59 bits per heavy atom. The molecule has 1 atom stereocenters. The lowest BCUT2D eigenvalue weighted by Crippen LogP contribution is -2.36. The Morgan fingerprint density at radius 1 is 1.53 bits per heavy atom. The van der Waals surface area contributed by atoms with Crippen molar-refractivity contribution in [2.45, 2.75) is 40.0 Å². The van der Waals surface area contributed by atoms with Crippen LogP contribution in [0.2, 0.25) is 0 Å². The number of rotatable bonds is 6. The molecule has 2 N–H and O–H groups in total. The molecule has 0 amide bonds. The zero-order valence-corrected chi connectivity index (χ0v) is 11.3. The summed E-state index contributed by atoms with van der Waals surface area (Å²) in [6, 6.07) is 2.00. The Hall–Kier alpha value is -1.16. The van der Waals surface area contributed by atoms with E-state index in [4.69, 9.17) is 5.73 Å². The van der Waals surface area contributed by atoms with Crippen molar-refractivity contribution in [1.29, 1.82) is 0 Å². The molecule has 96 valence electrons. The molecule has 0 aliphatic carbocycles. The summed E-state index contributed by atoms with van der Waals surface area (Å²) in [6.45, 7) is 6.41. The van der Waals surface area contributed by atoms with E-state index in [1.54, 1.807) is 4.68 Å². The molecule has 17 heavy (non-hydrogen) atoms. The number of nitrogens with two attached hydrogens (primary N) is 1. The fourth-order valence-corrected chi connectivity index (χ4v) is 1.74. The van der Waals surface area contributed by atoms with Crippen LogP contribution in [-0.2, 0) is 24.7 Å². The number of carbonyl (C=O) groups is 1. The quantitative estimate of drug-likeness (QED) is 0.815. The number of carbonyl (C=O) groups excluding carboxylic acids is 1. The highest BCUT2D eigenvalue weighted by atomic mass is 16.1. The molecule has 1 unspecified atom stereocenters. The van der Waals surface area contributed by atoms with Gasteiger partial charge in [0.05, 0.1) is 5.69 Å². The van der Waals surface area contributed by atoms with Gasteiger partial charge in [-0.25, -0.2) is 0 Å². The molecule has 4 nitrogen and oxygen atoms in total. The third kappa shape index (κ3) is 2.94. The van der Waals surface area contributed by atoms with Gasteiger partial charge in [0.15, 0.2) is 0 Å². The average molecular weight is 237 g/mol. The van der Waals surface area contributed by atoms with Crippen molar-refractivity contribution >= 4 is 5.78 Å². The van der Waals surface area contributed by atoms with E-state index in [9.17, 15) is 4.79 Å². The number of nitrogens with zero attached hydrogens (tertiary/aromatic N) is 2. The normalized spacial score (nSPS) is 14.6. The van der Waals surface area contributed by atoms with E-state index in [1.807, 2.05) is 27.0 Å². The van der Waals surface area contributed by atoms with Gasteiger partial charge in [0.2, 0.25) is 0 Å². The summed E-state index contributed by atoms with van der Waals surface area (Å²) in [4.78, 5) is 12.2. The van der Waals surface area contributed by atoms with Crippen molar-refractivity contribution in [3.8, 4) is 0 Å². The Morgan fingerprint density at radius 2 is 2.18 bits per heavy atom. The van der Waals surface area contributed by atoms with Crippen molar-refractivity contribution in [3.05, 3.63) is 17.5 Å². The molecule has 0 fully saturated rings. The maximum Gasteiger partial charge on any atom is 0.145 e. The van der Waals surface area contributed by atoms with Gasteiger partial charge in [0, 0.05) is 31.1 Å². The highest BCUT2D eigenvalue weighted by Crippen LogP contribution is 2.22. The summed E-state index contributed by atoms with van der Waals surface area (Å²) in [5, 5.41) is 4.35. The minimum absolute atomic E-state index is 0.202. The van der Waals surface area contributed by atoms with Crippen LogP contribution < -0.4 is 5.73 Å². The molecule has 0 spiro atoms. The topological polar surface area (TPSA) is 60.9 Å². The van der Waals surface area contributed by atoms with Crippen LogP contribution >= 0.6 is 0 Å². The Balaban J connectivity index is 2.83. The molecular formula is C13H23N3O. The summed E-state index contributed by atoms with van der Waals surface area (Å²) >= 11 is 0. The minimum atomic E-state index is -0.406. The van der Waals surface area contributed by atoms with Crippen LogP contribution in [0.25, 0.3) is 0 Å². The van der Waals surface area contributed by atoms with Gasteiger partial charge in [0.1, 0.15) is 5.78 Å². The maximum atomic E-state index is 12.2. The van der Waals surface area contributed by atoms with E-state index in [1.165, 1.54) is 0 Å². The number of hydrogen-bond donors (Lipinski definition) is 1. The highest BCUT2D eigenvalue weighted by Gasteiger charge is 2.29. The van der Waals surface area contributed by atoms with Gasteiger partial charge in [-0.05, 0) is 18.9 Å². The van der Waals surface area contributed by atoms with Crippen molar-refractivity contribution in [1.82, 2.24) is 9.78 Å². The van der Waals surface area contributed by atoms with E-state index in [2.05, 4.69) is 12.0 Å². The fourth-order valence-electron chi connectivity index (χ4n) is 1.74. The second kappa shape index (κ2) is 5.45. The van der Waals surface area contributed by atoms with Crippen LogP contribution in [0.15, 0.2) is 6.07 Å². The van der Waals surface area contributed by atoms with Gasteiger partial charge in [-0.1, -0.05) is 20.8 Å². The van der Waals surface area contributed by atoms with Crippen LogP contribution in [-0.4, -0.2) is 22.1 Å². The lowest BCUT2D eigenvalue weighted by atomic mass is 9.81. The van der Waals surface area contributed by atoms with Gasteiger partial charge in [0.25, 0.3) is 0 Å². The summed E-state index contributed by atoms with van der Waals surface area (Å²) < 4.78 is 1.79. The van der Waals surface area contributed by atoms with Crippen LogP contribution in [0, 0.1) is 5.41 Å². The van der Waals surface area contributed by atoms with Crippen molar-refractivity contribution in [2.24, 2.45) is 18.2 Å². The Kier molecular flexibility index (Phi) is 4.46. The first-order valence-electron chi connectivity index (χ1n) is 6.22. The Labute approximate surface area is 103 Å². The van der Waals surface area contributed by atoms with Crippen molar-refractivity contribution < 1.29 is 4.79 Å². The van der Waals surface area contributed by atoms with E-state index in [-0.39, 0.29) is 5.78 Å². The molecule has 0 bridgehead atoms. The second-order valence-corrected chi connectivity index (χ2v) is 4.82. The van der Waals surface area contributed by atoms with E-state index < -0.39 is 5.41 Å². The molecular weight excluding hydrogens is 214 g/mol. The predicted molar refractivity (Wildman–Crippen MR) is 68.7 cm³/mol. The third-order valence-electron chi connectivity index (χ3n) is 3.64. The minimum Gasteiger partial charge on any atom is -0.329 e. The number of Topliss-reactive ketones (excluding diaryl/α,β-unsaturated/α-hetero) is 1. The monoisotopic (exact) mass is 237 g/mol. The highest BCUT2D eigenvalue weighted by molar-refractivity contribution is 5.86. The first kappa shape index (κ1) is 13.9. The Bertz CT molecular complexity index is 391. The molecule has 1 aromatic rings. The van der Waals surface area contributed by atoms with Crippen LogP contribution in [0.3, 0.4) is 0 Å². The molecule has 0 saturated carbocycles. The maximum absolute atomic E-state index is 12.2. The first-order chi connectivity index (χ1) is 7.96. The largest absolute Gasteiger partial charge is 0.329 e. The zero-order chi connectivity index (χ0) is 13.1.